The summed E-state index contributed by atoms with van der Waals surface area (Å²) in [6.45, 7) is 6.47. The van der Waals surface area contributed by atoms with Gasteiger partial charge in [0.1, 0.15) is 0 Å². The Kier molecular flexibility index (Phi) is 4.82. The molecule has 0 aromatic heterocycles. The topological polar surface area (TPSA) is 75.9 Å². The Balaban J connectivity index is 1.76. The molecular weight excluding hydrogens is 310 g/mol. The van der Waals surface area contributed by atoms with Crippen molar-refractivity contribution in [1.82, 2.24) is 4.90 Å². The number of nitrogens with zero attached hydrogens (tertiary/aromatic N) is 3. The van der Waals surface area contributed by atoms with E-state index in [9.17, 15) is 14.9 Å². The molecule has 130 valence electrons. The van der Waals surface area contributed by atoms with E-state index in [1.54, 1.807) is 17.0 Å². The van der Waals surface area contributed by atoms with E-state index in [-0.39, 0.29) is 23.7 Å². The van der Waals surface area contributed by atoms with E-state index < -0.39 is 4.92 Å². The molecule has 2 heterocycles. The summed E-state index contributed by atoms with van der Waals surface area (Å²) in [5.41, 5.74) is 1.77. The Hall–Kier alpha value is -1.99. The molecule has 0 spiro atoms. The number of non-ortho nitro benzene ring substituents is 1. The summed E-state index contributed by atoms with van der Waals surface area (Å²) in [5, 5.41) is 10.9. The molecule has 0 bridgehead atoms. The number of nitro groups is 1. The van der Waals surface area contributed by atoms with E-state index in [1.807, 2.05) is 6.92 Å². The average molecular weight is 333 g/mol. The Morgan fingerprint density at radius 1 is 1.42 bits per heavy atom. The molecule has 2 unspecified atom stereocenters. The van der Waals surface area contributed by atoms with Crippen molar-refractivity contribution >= 4 is 17.3 Å². The highest BCUT2D eigenvalue weighted by Gasteiger charge is 2.29. The van der Waals surface area contributed by atoms with Crippen LogP contribution in [0.4, 0.5) is 11.4 Å². The van der Waals surface area contributed by atoms with Crippen molar-refractivity contribution in [2.24, 2.45) is 0 Å². The molecule has 1 amide bonds. The minimum Gasteiger partial charge on any atom is -0.376 e. The molecule has 0 radical (unpaired) electrons. The van der Waals surface area contributed by atoms with Gasteiger partial charge in [0.2, 0.25) is 5.91 Å². The first-order valence-corrected chi connectivity index (χ1v) is 8.39. The zero-order chi connectivity index (χ0) is 17.3. The summed E-state index contributed by atoms with van der Waals surface area (Å²) < 4.78 is 5.61. The van der Waals surface area contributed by atoms with E-state index >= 15 is 0 Å². The van der Waals surface area contributed by atoms with Crippen LogP contribution in [0.2, 0.25) is 0 Å². The van der Waals surface area contributed by atoms with Crippen LogP contribution in [0, 0.1) is 10.1 Å². The minimum absolute atomic E-state index is 0.0470. The molecule has 1 fully saturated rings. The number of carbonyl (C=O) groups excluding carboxylic acids is 1. The third-order valence-corrected chi connectivity index (χ3v) is 4.77. The third-order valence-electron chi connectivity index (χ3n) is 4.77. The molecule has 1 aromatic rings. The first-order chi connectivity index (χ1) is 11.5. The van der Waals surface area contributed by atoms with Gasteiger partial charge in [-0.25, -0.2) is 0 Å². The number of anilines is 1. The van der Waals surface area contributed by atoms with Crippen LogP contribution >= 0.6 is 0 Å². The summed E-state index contributed by atoms with van der Waals surface area (Å²) in [5.74, 6) is 0.0470. The fourth-order valence-electron chi connectivity index (χ4n) is 3.41. The van der Waals surface area contributed by atoms with Gasteiger partial charge < -0.3 is 9.64 Å². The monoisotopic (exact) mass is 333 g/mol. The predicted octanol–water partition coefficient (Wildman–Crippen LogP) is 1.98. The van der Waals surface area contributed by atoms with E-state index in [1.165, 1.54) is 6.07 Å². The van der Waals surface area contributed by atoms with Gasteiger partial charge in [-0.3, -0.25) is 19.8 Å². The molecule has 7 nitrogen and oxygen atoms in total. The SMILES string of the molecule is CC1CN(CC(=O)N2CCCc3cc([N+](=O)[O-])ccc32)C(C)CO1. The smallest absolute Gasteiger partial charge is 0.269 e. The van der Waals surface area contributed by atoms with Crippen LogP contribution in [-0.2, 0) is 16.0 Å². The molecule has 2 aliphatic heterocycles. The molecule has 3 rings (SSSR count). The normalized spacial score (nSPS) is 24.5. The van der Waals surface area contributed by atoms with Crippen LogP contribution in [0.5, 0.6) is 0 Å². The van der Waals surface area contributed by atoms with Crippen LogP contribution in [-0.4, -0.2) is 54.1 Å². The van der Waals surface area contributed by atoms with Gasteiger partial charge in [0.05, 0.1) is 24.2 Å². The minimum atomic E-state index is -0.391. The number of fused-ring (bicyclic) bond motifs is 1. The summed E-state index contributed by atoms with van der Waals surface area (Å²) in [6.07, 6.45) is 1.73. The van der Waals surface area contributed by atoms with Crippen LogP contribution in [0.25, 0.3) is 0 Å². The maximum atomic E-state index is 12.8. The summed E-state index contributed by atoms with van der Waals surface area (Å²) in [4.78, 5) is 27.3. The number of hydrogen-bond donors (Lipinski definition) is 0. The number of morpholine rings is 1. The first kappa shape index (κ1) is 16.9. The van der Waals surface area contributed by atoms with Crippen molar-refractivity contribution in [1.29, 1.82) is 0 Å². The van der Waals surface area contributed by atoms with Gasteiger partial charge in [0.25, 0.3) is 5.69 Å². The molecular formula is C17H23N3O4. The molecule has 0 aliphatic carbocycles. The van der Waals surface area contributed by atoms with Crippen molar-refractivity contribution in [2.45, 2.75) is 38.8 Å². The quantitative estimate of drug-likeness (QED) is 0.624. The number of aryl methyl sites for hydroxylation is 1. The van der Waals surface area contributed by atoms with Gasteiger partial charge >= 0.3 is 0 Å². The summed E-state index contributed by atoms with van der Waals surface area (Å²) in [7, 11) is 0. The predicted molar refractivity (Wildman–Crippen MR) is 90.2 cm³/mol. The first-order valence-electron chi connectivity index (χ1n) is 8.39. The molecule has 0 saturated carbocycles. The number of benzene rings is 1. The lowest BCUT2D eigenvalue weighted by molar-refractivity contribution is -0.384. The molecule has 24 heavy (non-hydrogen) atoms. The third kappa shape index (κ3) is 3.42. The van der Waals surface area contributed by atoms with Crippen LogP contribution in [0.3, 0.4) is 0 Å². The van der Waals surface area contributed by atoms with Gasteiger partial charge in [-0.15, -0.1) is 0 Å². The molecule has 1 aromatic carbocycles. The van der Waals surface area contributed by atoms with Crippen LogP contribution < -0.4 is 4.90 Å². The second-order valence-electron chi connectivity index (χ2n) is 6.64. The van der Waals surface area contributed by atoms with Gasteiger partial charge in [0.15, 0.2) is 0 Å². The van der Waals surface area contributed by atoms with Crippen molar-refractivity contribution in [2.75, 3.05) is 31.1 Å². The fourth-order valence-corrected chi connectivity index (χ4v) is 3.41. The van der Waals surface area contributed by atoms with E-state index in [0.29, 0.717) is 19.7 Å². The molecule has 1 saturated heterocycles. The Morgan fingerprint density at radius 3 is 2.96 bits per heavy atom. The van der Waals surface area contributed by atoms with Gasteiger partial charge in [-0.05, 0) is 38.3 Å². The lowest BCUT2D eigenvalue weighted by Crippen LogP contribution is -2.52. The number of hydrogen-bond acceptors (Lipinski definition) is 5. The van der Waals surface area contributed by atoms with Crippen molar-refractivity contribution in [3.63, 3.8) is 0 Å². The fraction of sp³-hybridized carbons (Fsp3) is 0.588. The van der Waals surface area contributed by atoms with Gasteiger partial charge in [-0.1, -0.05) is 0 Å². The van der Waals surface area contributed by atoms with E-state index in [2.05, 4.69) is 11.8 Å². The second-order valence-corrected chi connectivity index (χ2v) is 6.64. The van der Waals surface area contributed by atoms with E-state index in [4.69, 9.17) is 4.74 Å². The summed E-state index contributed by atoms with van der Waals surface area (Å²) in [6, 6.07) is 4.99. The van der Waals surface area contributed by atoms with Crippen molar-refractivity contribution in [3.8, 4) is 0 Å². The lowest BCUT2D eigenvalue weighted by Gasteiger charge is -2.38. The lowest BCUT2D eigenvalue weighted by atomic mass is 10.0. The standard InChI is InChI=1S/C17H23N3O4/c1-12-11-24-13(2)9-18(12)10-17(21)19-7-3-4-14-8-15(20(22)23)5-6-16(14)19/h5-6,8,12-13H,3-4,7,9-11H2,1-2H3. The molecule has 0 N–H and O–H groups in total. The van der Waals surface area contributed by atoms with Crippen LogP contribution in [0.15, 0.2) is 18.2 Å². The second kappa shape index (κ2) is 6.86. The van der Waals surface area contributed by atoms with Crippen LogP contribution in [0.1, 0.15) is 25.8 Å². The van der Waals surface area contributed by atoms with Gasteiger partial charge in [0, 0.05) is 37.0 Å². The Morgan fingerprint density at radius 2 is 2.21 bits per heavy atom. The Labute approximate surface area is 141 Å². The molecule has 2 atom stereocenters. The Bertz CT molecular complexity index is 649. The van der Waals surface area contributed by atoms with E-state index in [0.717, 1.165) is 30.6 Å². The number of ether oxygens (including phenoxy) is 1. The van der Waals surface area contributed by atoms with Gasteiger partial charge in [-0.2, -0.15) is 0 Å². The highest BCUT2D eigenvalue weighted by molar-refractivity contribution is 5.96. The maximum absolute atomic E-state index is 12.8. The number of carbonyl (C=O) groups is 1. The zero-order valence-electron chi connectivity index (χ0n) is 14.1. The van der Waals surface area contributed by atoms with Crippen molar-refractivity contribution < 1.29 is 14.5 Å². The molecule has 7 heteroatoms. The van der Waals surface area contributed by atoms with Crippen molar-refractivity contribution in [3.05, 3.63) is 33.9 Å². The largest absolute Gasteiger partial charge is 0.376 e. The number of nitro benzene ring substituents is 1. The maximum Gasteiger partial charge on any atom is 0.269 e. The highest BCUT2D eigenvalue weighted by atomic mass is 16.6. The number of rotatable bonds is 3. The zero-order valence-corrected chi connectivity index (χ0v) is 14.1. The molecule has 2 aliphatic rings. The highest BCUT2D eigenvalue weighted by Crippen LogP contribution is 2.30. The summed E-state index contributed by atoms with van der Waals surface area (Å²) >= 11 is 0. The average Bonchev–Trinajstić information content (AvgIpc) is 2.57. The number of amides is 1.